The zero-order chi connectivity index (χ0) is 42.6. The van der Waals surface area contributed by atoms with Gasteiger partial charge in [-0.25, -0.2) is 9.88 Å². The van der Waals surface area contributed by atoms with E-state index < -0.39 is 41.1 Å². The summed E-state index contributed by atoms with van der Waals surface area (Å²) in [6.07, 6.45) is 1.73. The number of fused-ring (bicyclic) bond motifs is 3. The Morgan fingerprint density at radius 1 is 0.617 bits per heavy atom. The van der Waals surface area contributed by atoms with Crippen LogP contribution in [0.25, 0.3) is 21.7 Å². The van der Waals surface area contributed by atoms with Gasteiger partial charge in [0.25, 0.3) is 23.6 Å². The lowest BCUT2D eigenvalue weighted by molar-refractivity contribution is 0.0597. The number of carbonyl (C=O) groups is 6. The number of halogens is 7. The van der Waals surface area contributed by atoms with Gasteiger partial charge in [-0.05, 0) is 47.4 Å². The van der Waals surface area contributed by atoms with Crippen LogP contribution in [0.4, 0.5) is 5.69 Å². The summed E-state index contributed by atoms with van der Waals surface area (Å²) in [4.78, 5) is 91.9. The Kier molecular flexibility index (Phi) is 10.5. The normalized spacial score (nSPS) is 16.0. The lowest BCUT2D eigenvalue weighted by Gasteiger charge is -2.28. The summed E-state index contributed by atoms with van der Waals surface area (Å²) in [6.45, 7) is 1.76. The molecule has 0 radical (unpaired) electrons. The maximum atomic E-state index is 14.3. The van der Waals surface area contributed by atoms with Gasteiger partial charge in [-0.3, -0.25) is 33.7 Å². The highest BCUT2D eigenvalue weighted by atomic mass is 35.5. The van der Waals surface area contributed by atoms with Gasteiger partial charge in [0.15, 0.2) is 11.6 Å². The Morgan fingerprint density at radius 2 is 1.18 bits per heavy atom. The van der Waals surface area contributed by atoms with E-state index in [0.29, 0.717) is 32.7 Å². The number of thioether (sulfide) groups is 1. The zero-order valence-corrected chi connectivity index (χ0v) is 36.6. The van der Waals surface area contributed by atoms with Crippen molar-refractivity contribution < 1.29 is 28.8 Å². The lowest BCUT2D eigenvalue weighted by atomic mass is 9.93. The fourth-order valence-electron chi connectivity index (χ4n) is 7.94. The van der Waals surface area contributed by atoms with Crippen LogP contribution in [-0.4, -0.2) is 50.8 Å². The molecule has 0 fully saturated rings. The van der Waals surface area contributed by atoms with Crippen LogP contribution in [0, 0.1) is 0 Å². The minimum Gasteiger partial charge on any atom is -0.293 e. The molecule has 0 spiro atoms. The topological polar surface area (TPSA) is 122 Å². The van der Waals surface area contributed by atoms with Crippen LogP contribution in [0.2, 0.25) is 35.2 Å². The number of amides is 4. The van der Waals surface area contributed by atoms with E-state index in [1.807, 2.05) is 19.1 Å². The lowest BCUT2D eigenvalue weighted by Crippen LogP contribution is -2.39. The second-order valence-corrected chi connectivity index (χ2v) is 17.9. The molecule has 17 heteroatoms. The van der Waals surface area contributed by atoms with Crippen molar-refractivity contribution in [1.29, 1.82) is 0 Å². The van der Waals surface area contributed by atoms with E-state index in [2.05, 4.69) is 0 Å². The second kappa shape index (κ2) is 15.3. The molecular formula is C43H22Cl7N3O6S. The molecule has 0 N–H and O–H groups in total. The smallest absolute Gasteiger partial charge is 0.267 e. The number of hydrogen-bond acceptors (Lipinski definition) is 8. The van der Waals surface area contributed by atoms with Gasteiger partial charge in [0.05, 0.1) is 80.9 Å². The third-order valence-electron chi connectivity index (χ3n) is 10.8. The van der Waals surface area contributed by atoms with Gasteiger partial charge in [0, 0.05) is 26.8 Å². The molecule has 9 rings (SSSR count). The van der Waals surface area contributed by atoms with E-state index in [0.717, 1.165) is 28.0 Å². The maximum absolute atomic E-state index is 14.3. The van der Waals surface area contributed by atoms with E-state index in [4.69, 9.17) is 86.2 Å². The zero-order valence-electron chi connectivity index (χ0n) is 30.5. The Bertz CT molecular complexity index is 2970. The van der Waals surface area contributed by atoms with Gasteiger partial charge >= 0.3 is 0 Å². The number of rotatable bonds is 8. The van der Waals surface area contributed by atoms with Crippen LogP contribution >= 0.6 is 93.0 Å². The summed E-state index contributed by atoms with van der Waals surface area (Å²) in [7, 11) is 0. The number of nitrogens with zero attached hydrogens (tertiary/aromatic N) is 3. The number of hydrogen-bond donors (Lipinski definition) is 0. The molecule has 3 aliphatic rings. The summed E-state index contributed by atoms with van der Waals surface area (Å²) < 4.78 is 0. The molecule has 1 atom stereocenters. The van der Waals surface area contributed by atoms with Crippen molar-refractivity contribution in [3.05, 3.63) is 140 Å². The predicted octanol–water partition coefficient (Wildman–Crippen LogP) is 12.6. The van der Waals surface area contributed by atoms with Gasteiger partial charge in [0.1, 0.15) is 5.92 Å². The van der Waals surface area contributed by atoms with Crippen molar-refractivity contribution in [3.8, 4) is 0 Å². The molecule has 300 valence electrons. The summed E-state index contributed by atoms with van der Waals surface area (Å²) in [5.74, 6) is -5.19. The van der Waals surface area contributed by atoms with Crippen LogP contribution in [0.5, 0.6) is 0 Å². The number of unbranched alkanes of at least 4 members (excludes halogenated alkanes) is 1. The molecule has 2 aliphatic heterocycles. The molecule has 1 aromatic heterocycles. The number of carbonyl (C=O) groups excluding carboxylic acids is 6. The number of pyridine rings is 1. The van der Waals surface area contributed by atoms with Crippen molar-refractivity contribution in [2.24, 2.45) is 0 Å². The molecule has 9 nitrogen and oxygen atoms in total. The molecule has 0 saturated heterocycles. The molecule has 5 aromatic carbocycles. The minimum absolute atomic E-state index is 0.00430. The van der Waals surface area contributed by atoms with Gasteiger partial charge < -0.3 is 0 Å². The first-order valence-corrected chi connectivity index (χ1v) is 21.8. The summed E-state index contributed by atoms with van der Waals surface area (Å²) in [6, 6.07) is 16.3. The highest BCUT2D eigenvalue weighted by molar-refractivity contribution is 7.99. The fraction of sp³-hybridized carbons (Fsp3) is 0.140. The molecular weight excluding hydrogens is 935 g/mol. The SMILES string of the molecule is CCCCSc1c(Cl)c(Cl)c2c(c1Cl)C(=O)C(c1ccc3c(CN4C(=O)c5cccc6cccc(c56)C4=O)ccc(N4C(=O)c5c(Cl)c(Cl)c(Cl)c(Cl)c5C4=O)c3n1)C2=O. The quantitative estimate of drug-likeness (QED) is 0.0369. The van der Waals surface area contributed by atoms with Crippen molar-refractivity contribution in [2.45, 2.75) is 37.1 Å². The average molecular weight is 957 g/mol. The largest absolute Gasteiger partial charge is 0.293 e. The third-order valence-corrected chi connectivity index (χ3v) is 15.3. The van der Waals surface area contributed by atoms with E-state index in [9.17, 15) is 28.8 Å². The second-order valence-electron chi connectivity index (χ2n) is 14.1. The molecule has 3 heterocycles. The van der Waals surface area contributed by atoms with E-state index >= 15 is 0 Å². The van der Waals surface area contributed by atoms with Crippen LogP contribution in [-0.2, 0) is 6.54 Å². The Balaban J connectivity index is 1.20. The standard InChI is InChI=1S/C43H22Cl7N3O6S/c1-2-3-14-60-39-32(47)26-25(29(44)35(39)50)37(54)24(38(26)55)21-12-11-18-17(15-52-40(56)19-8-4-6-16-7-5-9-20(23(16)19)41(52)57)10-13-22(36(18)51-21)53-42(58)27-28(43(53)59)31(46)34(49)33(48)30(27)45/h4-13,24H,2-3,14-15H2,1H3. The Hall–Kier alpha value is -4.23. The van der Waals surface area contributed by atoms with Crippen molar-refractivity contribution in [3.63, 3.8) is 0 Å². The summed E-state index contributed by atoms with van der Waals surface area (Å²) in [5, 5.41) is 0.398. The predicted molar refractivity (Wildman–Crippen MR) is 236 cm³/mol. The molecule has 1 aliphatic carbocycles. The highest BCUT2D eigenvalue weighted by Crippen LogP contribution is 2.51. The monoisotopic (exact) mass is 953 g/mol. The van der Waals surface area contributed by atoms with Gasteiger partial charge in [-0.1, -0.05) is 131 Å². The van der Waals surface area contributed by atoms with Crippen LogP contribution in [0.1, 0.15) is 99.1 Å². The van der Waals surface area contributed by atoms with Crippen molar-refractivity contribution in [2.75, 3.05) is 10.7 Å². The first-order valence-electron chi connectivity index (χ1n) is 18.2. The van der Waals surface area contributed by atoms with Crippen molar-refractivity contribution >= 4 is 156 Å². The molecule has 0 saturated carbocycles. The number of benzene rings is 5. The van der Waals surface area contributed by atoms with Gasteiger partial charge in [-0.2, -0.15) is 0 Å². The molecule has 60 heavy (non-hydrogen) atoms. The van der Waals surface area contributed by atoms with Crippen LogP contribution < -0.4 is 4.90 Å². The van der Waals surface area contributed by atoms with Crippen LogP contribution in [0.3, 0.4) is 0 Å². The minimum atomic E-state index is -1.55. The van der Waals surface area contributed by atoms with E-state index in [1.54, 1.807) is 24.3 Å². The number of ketones is 2. The Morgan fingerprint density at radius 3 is 1.77 bits per heavy atom. The summed E-state index contributed by atoms with van der Waals surface area (Å²) in [5.41, 5.74) is 0.00222. The van der Waals surface area contributed by atoms with Gasteiger partial charge in [0.2, 0.25) is 0 Å². The van der Waals surface area contributed by atoms with Gasteiger partial charge in [-0.15, -0.1) is 11.8 Å². The number of imide groups is 2. The maximum Gasteiger partial charge on any atom is 0.267 e. The molecule has 1 unspecified atom stereocenters. The molecule has 4 amide bonds. The first kappa shape index (κ1) is 41.1. The van der Waals surface area contributed by atoms with Crippen LogP contribution in [0.15, 0.2) is 65.6 Å². The van der Waals surface area contributed by atoms with E-state index in [-0.39, 0.29) is 86.2 Å². The number of aromatic nitrogens is 1. The average Bonchev–Trinajstić information content (AvgIpc) is 3.66. The number of Topliss-reactive ketones (excluding diaryl/α,β-unsaturated/α-hetero) is 2. The van der Waals surface area contributed by atoms with Crippen molar-refractivity contribution in [1.82, 2.24) is 9.88 Å². The molecule has 0 bridgehead atoms. The highest BCUT2D eigenvalue weighted by Gasteiger charge is 2.47. The fourth-order valence-corrected chi connectivity index (χ4v) is 11.2. The number of anilines is 1. The summed E-state index contributed by atoms with van der Waals surface area (Å²) >= 11 is 47.0. The van der Waals surface area contributed by atoms with E-state index in [1.165, 1.54) is 36.0 Å². The third kappa shape index (κ3) is 5.94. The Labute approximate surface area is 379 Å². The first-order chi connectivity index (χ1) is 28.7. The molecule has 6 aromatic rings.